The van der Waals surface area contributed by atoms with Gasteiger partial charge in [0.15, 0.2) is 0 Å². The van der Waals surface area contributed by atoms with Crippen LogP contribution in [0.1, 0.15) is 52.4 Å². The molecule has 0 radical (unpaired) electrons. The van der Waals surface area contributed by atoms with Gasteiger partial charge in [0, 0.05) is 12.3 Å². The minimum absolute atomic E-state index is 0. The maximum Gasteiger partial charge on any atom is 0.140 e. The quantitative estimate of drug-likeness (QED) is 0.629. The van der Waals surface area contributed by atoms with Gasteiger partial charge >= 0.3 is 0 Å². The molecular formula is C14H22O. The summed E-state index contributed by atoms with van der Waals surface area (Å²) in [5.41, 5.74) is 1.61. The minimum atomic E-state index is 0. The van der Waals surface area contributed by atoms with Crippen LogP contribution < -0.4 is 0 Å². The van der Waals surface area contributed by atoms with Gasteiger partial charge in [0.25, 0.3) is 0 Å². The fourth-order valence-corrected chi connectivity index (χ4v) is 3.45. The molecule has 1 unspecified atom stereocenters. The summed E-state index contributed by atoms with van der Waals surface area (Å²) in [4.78, 5) is 11.3. The van der Waals surface area contributed by atoms with E-state index < -0.39 is 0 Å². The Labute approximate surface area is 92.9 Å². The normalized spacial score (nSPS) is 34.4. The first-order chi connectivity index (χ1) is 6.83. The highest BCUT2D eigenvalue weighted by atomic mass is 16.1. The van der Waals surface area contributed by atoms with Crippen molar-refractivity contribution in [1.29, 1.82) is 0 Å². The zero-order valence-corrected chi connectivity index (χ0v) is 8.67. The molecule has 84 valence electrons. The van der Waals surface area contributed by atoms with Crippen LogP contribution in [0.2, 0.25) is 0 Å². The molecule has 2 saturated carbocycles. The van der Waals surface area contributed by atoms with Crippen LogP contribution in [-0.2, 0) is 4.79 Å². The minimum Gasteiger partial charge on any atom is -0.299 e. The predicted molar refractivity (Wildman–Crippen MR) is 62.6 cm³/mol. The van der Waals surface area contributed by atoms with Gasteiger partial charge in [-0.2, -0.15) is 0 Å². The molecule has 3 aliphatic rings. The first kappa shape index (κ1) is 10.9. The molecule has 2 atom stereocenters. The molecule has 0 aromatic heterocycles. The summed E-state index contributed by atoms with van der Waals surface area (Å²) in [6, 6.07) is 0. The Morgan fingerprint density at radius 2 is 1.93 bits per heavy atom. The Bertz CT molecular complexity index is 284. The van der Waals surface area contributed by atoms with E-state index in [4.69, 9.17) is 0 Å². The van der Waals surface area contributed by atoms with Gasteiger partial charge in [-0.05, 0) is 24.7 Å². The van der Waals surface area contributed by atoms with Crippen molar-refractivity contribution < 1.29 is 4.79 Å². The third-order valence-electron chi connectivity index (χ3n) is 4.31. The fourth-order valence-electron chi connectivity index (χ4n) is 3.45. The van der Waals surface area contributed by atoms with Gasteiger partial charge in [-0.15, -0.1) is 0 Å². The van der Waals surface area contributed by atoms with Gasteiger partial charge in [-0.3, -0.25) is 4.79 Å². The summed E-state index contributed by atoms with van der Waals surface area (Å²) in [5.74, 6) is 2.52. The molecule has 0 bridgehead atoms. The van der Waals surface area contributed by atoms with Gasteiger partial charge in [0.2, 0.25) is 0 Å². The standard InChI is InChI=1S/C13H18O.CH4/c14-13-8-11-6-10(7-12(11)13)5-9-3-1-2-4-9;/h7,9,11-12H,1-6,8H2;1H4/t11-,12?;/m1./s1. The summed E-state index contributed by atoms with van der Waals surface area (Å²) in [5, 5.41) is 0. The first-order valence-electron chi connectivity index (χ1n) is 6.05. The zero-order chi connectivity index (χ0) is 9.54. The van der Waals surface area contributed by atoms with Crippen molar-refractivity contribution in [1.82, 2.24) is 0 Å². The molecular weight excluding hydrogens is 184 g/mol. The molecule has 0 aliphatic heterocycles. The molecule has 3 rings (SSSR count). The SMILES string of the molecule is C.O=C1C[C@H]2CC(CC3CCCC3)=CC12. The van der Waals surface area contributed by atoms with E-state index in [0.29, 0.717) is 11.7 Å². The van der Waals surface area contributed by atoms with Gasteiger partial charge in [-0.1, -0.05) is 44.8 Å². The zero-order valence-electron chi connectivity index (χ0n) is 8.67. The van der Waals surface area contributed by atoms with E-state index in [1.54, 1.807) is 5.57 Å². The molecule has 0 saturated heterocycles. The Morgan fingerprint density at radius 1 is 1.20 bits per heavy atom. The molecule has 3 aliphatic carbocycles. The Morgan fingerprint density at radius 3 is 2.53 bits per heavy atom. The number of ketones is 1. The van der Waals surface area contributed by atoms with E-state index in [0.717, 1.165) is 18.3 Å². The summed E-state index contributed by atoms with van der Waals surface area (Å²) in [7, 11) is 0. The smallest absolute Gasteiger partial charge is 0.140 e. The lowest BCUT2D eigenvalue weighted by Gasteiger charge is -2.27. The Balaban J connectivity index is 0.000000853. The van der Waals surface area contributed by atoms with Gasteiger partial charge in [0.1, 0.15) is 5.78 Å². The average Bonchev–Trinajstić information content (AvgIpc) is 2.74. The first-order valence-corrected chi connectivity index (χ1v) is 6.05. The van der Waals surface area contributed by atoms with Crippen molar-refractivity contribution in [2.75, 3.05) is 0 Å². The lowest BCUT2D eigenvalue weighted by Crippen LogP contribution is -2.32. The van der Waals surface area contributed by atoms with Crippen molar-refractivity contribution in [3.63, 3.8) is 0 Å². The molecule has 0 spiro atoms. The lowest BCUT2D eigenvalue weighted by molar-refractivity contribution is -0.130. The second-order valence-corrected chi connectivity index (χ2v) is 5.34. The molecule has 0 aromatic carbocycles. The number of allylic oxidation sites excluding steroid dienone is 2. The maximum atomic E-state index is 11.3. The van der Waals surface area contributed by atoms with Gasteiger partial charge in [0.05, 0.1) is 0 Å². The lowest BCUT2D eigenvalue weighted by atomic mass is 9.75. The van der Waals surface area contributed by atoms with Gasteiger partial charge < -0.3 is 0 Å². The second kappa shape index (κ2) is 4.11. The van der Waals surface area contributed by atoms with E-state index in [-0.39, 0.29) is 7.43 Å². The Kier molecular flexibility index (Phi) is 2.99. The Hall–Kier alpha value is -0.590. The van der Waals surface area contributed by atoms with Crippen LogP contribution in [0.3, 0.4) is 0 Å². The largest absolute Gasteiger partial charge is 0.299 e. The second-order valence-electron chi connectivity index (χ2n) is 5.34. The van der Waals surface area contributed by atoms with Crippen LogP contribution in [0, 0.1) is 17.8 Å². The molecule has 15 heavy (non-hydrogen) atoms. The van der Waals surface area contributed by atoms with E-state index in [9.17, 15) is 4.79 Å². The molecule has 0 aromatic rings. The van der Waals surface area contributed by atoms with Crippen LogP contribution >= 0.6 is 0 Å². The van der Waals surface area contributed by atoms with Crippen LogP contribution in [0.25, 0.3) is 0 Å². The number of fused-ring (bicyclic) bond motifs is 1. The van der Waals surface area contributed by atoms with Crippen LogP contribution in [-0.4, -0.2) is 5.78 Å². The van der Waals surface area contributed by atoms with Crippen molar-refractivity contribution in [2.45, 2.75) is 52.4 Å². The molecule has 1 nitrogen and oxygen atoms in total. The van der Waals surface area contributed by atoms with E-state index >= 15 is 0 Å². The number of Topliss-reactive ketones (excluding diaryl/α,β-unsaturated/α-hetero) is 1. The summed E-state index contributed by atoms with van der Waals surface area (Å²) in [6.45, 7) is 0. The van der Waals surface area contributed by atoms with E-state index in [2.05, 4.69) is 6.08 Å². The molecule has 2 fully saturated rings. The molecule has 0 N–H and O–H groups in total. The highest BCUT2D eigenvalue weighted by Crippen LogP contribution is 2.45. The highest BCUT2D eigenvalue weighted by Gasteiger charge is 2.42. The summed E-state index contributed by atoms with van der Waals surface area (Å²) >= 11 is 0. The number of rotatable bonds is 2. The van der Waals surface area contributed by atoms with Crippen molar-refractivity contribution >= 4 is 5.78 Å². The average molecular weight is 206 g/mol. The topological polar surface area (TPSA) is 17.1 Å². The molecule has 0 amide bonds. The number of hydrogen-bond donors (Lipinski definition) is 0. The number of hydrogen-bond acceptors (Lipinski definition) is 1. The van der Waals surface area contributed by atoms with Crippen molar-refractivity contribution in [2.24, 2.45) is 17.8 Å². The molecule has 0 heterocycles. The monoisotopic (exact) mass is 206 g/mol. The van der Waals surface area contributed by atoms with Crippen molar-refractivity contribution in [3.05, 3.63) is 11.6 Å². The summed E-state index contributed by atoms with van der Waals surface area (Å²) in [6.07, 6.45) is 11.5. The van der Waals surface area contributed by atoms with Crippen LogP contribution in [0.4, 0.5) is 0 Å². The summed E-state index contributed by atoms with van der Waals surface area (Å²) < 4.78 is 0. The van der Waals surface area contributed by atoms with E-state index in [1.165, 1.54) is 38.5 Å². The van der Waals surface area contributed by atoms with Crippen LogP contribution in [0.15, 0.2) is 11.6 Å². The van der Waals surface area contributed by atoms with Crippen molar-refractivity contribution in [3.8, 4) is 0 Å². The van der Waals surface area contributed by atoms with Gasteiger partial charge in [-0.25, -0.2) is 0 Å². The third kappa shape index (κ3) is 1.89. The highest BCUT2D eigenvalue weighted by molar-refractivity contribution is 5.90. The maximum absolute atomic E-state index is 11.3. The number of carbonyl (C=O) groups is 1. The number of carbonyl (C=O) groups excluding carboxylic acids is 1. The van der Waals surface area contributed by atoms with E-state index in [1.807, 2.05) is 0 Å². The third-order valence-corrected chi connectivity index (χ3v) is 4.31. The fraction of sp³-hybridized carbons (Fsp3) is 0.786. The van der Waals surface area contributed by atoms with Crippen LogP contribution in [0.5, 0.6) is 0 Å². The molecule has 1 heteroatoms. The predicted octanol–water partition coefficient (Wildman–Crippen LogP) is 3.74.